The second-order valence-corrected chi connectivity index (χ2v) is 7.70. The smallest absolute Gasteiger partial charge is 0.191 e. The van der Waals surface area contributed by atoms with E-state index in [1.165, 1.54) is 6.07 Å². The Bertz CT molecular complexity index is 869. The summed E-state index contributed by atoms with van der Waals surface area (Å²) in [4.78, 5) is 4.32. The van der Waals surface area contributed by atoms with Crippen LogP contribution in [-0.2, 0) is 10.2 Å². The second-order valence-electron chi connectivity index (χ2n) is 7.70. The van der Waals surface area contributed by atoms with Crippen LogP contribution in [0.1, 0.15) is 42.5 Å². The average Bonchev–Trinajstić information content (AvgIpc) is 2.73. The highest BCUT2D eigenvalue weighted by molar-refractivity contribution is 14.0. The molecule has 3 rings (SSSR count). The Morgan fingerprint density at radius 1 is 1.17 bits per heavy atom. The standard InChI is InChI=1S/C23H29F2N3O.HI/c1-16-7-8-18(13-21(16)25)17(2)28-22(26-3)27-15-23(9-11-29-12-10-23)19-5-4-6-20(24)14-19;/h4-8,13-14,17H,9-12,15H2,1-3H3,(H2,26,27,28);1H. The molecule has 1 fully saturated rings. The van der Waals surface area contributed by atoms with E-state index in [-0.39, 0.29) is 47.1 Å². The molecule has 2 aromatic rings. The van der Waals surface area contributed by atoms with Crippen LogP contribution in [0.3, 0.4) is 0 Å². The Morgan fingerprint density at radius 2 is 1.90 bits per heavy atom. The van der Waals surface area contributed by atoms with Gasteiger partial charge in [0.15, 0.2) is 5.96 Å². The summed E-state index contributed by atoms with van der Waals surface area (Å²) in [7, 11) is 1.70. The topological polar surface area (TPSA) is 45.7 Å². The van der Waals surface area contributed by atoms with Gasteiger partial charge in [0.25, 0.3) is 0 Å². The maximum Gasteiger partial charge on any atom is 0.191 e. The van der Waals surface area contributed by atoms with Gasteiger partial charge in [-0.1, -0.05) is 24.3 Å². The SMILES string of the molecule is CN=C(NCC1(c2cccc(F)c2)CCOCC1)NC(C)c1ccc(C)c(F)c1.I. The van der Waals surface area contributed by atoms with E-state index in [4.69, 9.17) is 4.74 Å². The van der Waals surface area contributed by atoms with Crippen molar-refractivity contribution >= 4 is 29.9 Å². The number of benzene rings is 2. The van der Waals surface area contributed by atoms with Crippen molar-refractivity contribution in [2.45, 2.75) is 38.1 Å². The summed E-state index contributed by atoms with van der Waals surface area (Å²) in [6.07, 6.45) is 1.61. The molecule has 1 aliphatic heterocycles. The molecular weight excluding hydrogens is 499 g/mol. The van der Waals surface area contributed by atoms with Crippen molar-refractivity contribution in [3.05, 3.63) is 70.8 Å². The predicted molar refractivity (Wildman–Crippen MR) is 128 cm³/mol. The molecule has 4 nitrogen and oxygen atoms in total. The Kier molecular flexibility index (Phi) is 9.03. The number of ether oxygens (including phenoxy) is 1. The van der Waals surface area contributed by atoms with Gasteiger partial charge in [0.2, 0.25) is 0 Å². The van der Waals surface area contributed by atoms with Gasteiger partial charge in [0.05, 0.1) is 6.04 Å². The lowest BCUT2D eigenvalue weighted by Crippen LogP contribution is -2.48. The average molecular weight is 529 g/mol. The van der Waals surface area contributed by atoms with Crippen LogP contribution in [0.25, 0.3) is 0 Å². The second kappa shape index (κ2) is 11.0. The summed E-state index contributed by atoms with van der Waals surface area (Å²) in [6.45, 7) is 5.60. The molecule has 0 aromatic heterocycles. The first-order valence-corrected chi connectivity index (χ1v) is 10.0. The fourth-order valence-corrected chi connectivity index (χ4v) is 3.76. The summed E-state index contributed by atoms with van der Waals surface area (Å²) in [5.74, 6) is 0.179. The van der Waals surface area contributed by atoms with Gasteiger partial charge in [-0.3, -0.25) is 4.99 Å². The molecule has 0 saturated carbocycles. The first-order chi connectivity index (χ1) is 13.9. The minimum Gasteiger partial charge on any atom is -0.381 e. The van der Waals surface area contributed by atoms with E-state index in [1.807, 2.05) is 19.1 Å². The summed E-state index contributed by atoms with van der Waals surface area (Å²) in [5.41, 5.74) is 2.22. The van der Waals surface area contributed by atoms with Crippen LogP contribution in [0.4, 0.5) is 8.78 Å². The maximum absolute atomic E-state index is 13.9. The molecule has 1 aliphatic rings. The molecule has 1 heterocycles. The zero-order chi connectivity index (χ0) is 20.9. The number of aliphatic imine (C=N–C) groups is 1. The molecule has 7 heteroatoms. The van der Waals surface area contributed by atoms with Crippen LogP contribution in [0.2, 0.25) is 0 Å². The molecule has 1 saturated heterocycles. The summed E-state index contributed by atoms with van der Waals surface area (Å²) in [5, 5.41) is 6.71. The minimum atomic E-state index is -0.231. The molecule has 1 unspecified atom stereocenters. The highest BCUT2D eigenvalue weighted by atomic mass is 127. The third-order valence-electron chi connectivity index (χ3n) is 5.75. The monoisotopic (exact) mass is 529 g/mol. The zero-order valence-electron chi connectivity index (χ0n) is 17.7. The van der Waals surface area contributed by atoms with Gasteiger partial charge in [-0.2, -0.15) is 0 Å². The third kappa shape index (κ3) is 5.91. The van der Waals surface area contributed by atoms with Crippen molar-refractivity contribution in [3.63, 3.8) is 0 Å². The molecule has 2 N–H and O–H groups in total. The van der Waals surface area contributed by atoms with E-state index in [0.29, 0.717) is 31.3 Å². The summed E-state index contributed by atoms with van der Waals surface area (Å²) >= 11 is 0. The molecule has 30 heavy (non-hydrogen) atoms. The Morgan fingerprint density at radius 3 is 2.53 bits per heavy atom. The first kappa shape index (κ1) is 24.5. The number of hydrogen-bond donors (Lipinski definition) is 2. The summed E-state index contributed by atoms with van der Waals surface area (Å²) in [6, 6.07) is 11.9. The maximum atomic E-state index is 13.9. The fraction of sp³-hybridized carbons (Fsp3) is 0.435. The van der Waals surface area contributed by atoms with Gasteiger partial charge < -0.3 is 15.4 Å². The molecule has 0 amide bonds. The zero-order valence-corrected chi connectivity index (χ0v) is 20.0. The van der Waals surface area contributed by atoms with Crippen LogP contribution in [0.15, 0.2) is 47.5 Å². The molecule has 0 spiro atoms. The van der Waals surface area contributed by atoms with Gasteiger partial charge in [0, 0.05) is 32.2 Å². The molecule has 0 bridgehead atoms. The van der Waals surface area contributed by atoms with Crippen LogP contribution in [0, 0.1) is 18.6 Å². The van der Waals surface area contributed by atoms with Crippen molar-refractivity contribution < 1.29 is 13.5 Å². The highest BCUT2D eigenvalue weighted by Gasteiger charge is 2.35. The molecule has 0 aliphatic carbocycles. The van der Waals surface area contributed by atoms with Crippen molar-refractivity contribution in [3.8, 4) is 0 Å². The normalized spacial score (nSPS) is 17.0. The quantitative estimate of drug-likeness (QED) is 0.330. The van der Waals surface area contributed by atoms with Crippen molar-refractivity contribution in [2.75, 3.05) is 26.8 Å². The molecule has 2 aromatic carbocycles. The van der Waals surface area contributed by atoms with Crippen LogP contribution in [-0.4, -0.2) is 32.8 Å². The van der Waals surface area contributed by atoms with E-state index in [0.717, 1.165) is 24.0 Å². The first-order valence-electron chi connectivity index (χ1n) is 10.0. The molecule has 1 atom stereocenters. The van der Waals surface area contributed by atoms with Crippen molar-refractivity contribution in [2.24, 2.45) is 4.99 Å². The lowest BCUT2D eigenvalue weighted by molar-refractivity contribution is 0.0512. The van der Waals surface area contributed by atoms with Crippen molar-refractivity contribution in [1.29, 1.82) is 0 Å². The van der Waals surface area contributed by atoms with Gasteiger partial charge in [-0.05, 0) is 61.6 Å². The molecular formula is C23H30F2IN3O. The Hall–Kier alpha value is -1.74. The lowest BCUT2D eigenvalue weighted by atomic mass is 9.74. The lowest BCUT2D eigenvalue weighted by Gasteiger charge is -2.38. The van der Waals surface area contributed by atoms with Gasteiger partial charge >= 0.3 is 0 Å². The number of rotatable bonds is 5. The van der Waals surface area contributed by atoms with Crippen LogP contribution in [0.5, 0.6) is 0 Å². The Balaban J connectivity index is 0.00000320. The van der Waals surface area contributed by atoms with E-state index in [9.17, 15) is 8.78 Å². The number of guanidine groups is 1. The van der Waals surface area contributed by atoms with Gasteiger partial charge in [-0.15, -0.1) is 24.0 Å². The molecule has 0 radical (unpaired) electrons. The van der Waals surface area contributed by atoms with E-state index < -0.39 is 0 Å². The number of aryl methyl sites for hydroxylation is 1. The largest absolute Gasteiger partial charge is 0.381 e. The van der Waals surface area contributed by atoms with E-state index >= 15 is 0 Å². The Labute approximate surface area is 194 Å². The highest BCUT2D eigenvalue weighted by Crippen LogP contribution is 2.34. The number of halogens is 3. The summed E-state index contributed by atoms with van der Waals surface area (Å²) < 4.78 is 33.3. The van der Waals surface area contributed by atoms with Gasteiger partial charge in [0.1, 0.15) is 11.6 Å². The van der Waals surface area contributed by atoms with E-state index in [1.54, 1.807) is 38.2 Å². The third-order valence-corrected chi connectivity index (χ3v) is 5.75. The van der Waals surface area contributed by atoms with Crippen molar-refractivity contribution in [1.82, 2.24) is 10.6 Å². The number of hydrogen-bond acceptors (Lipinski definition) is 2. The minimum absolute atomic E-state index is 0. The number of nitrogens with zero attached hydrogens (tertiary/aromatic N) is 1. The van der Waals surface area contributed by atoms with Gasteiger partial charge in [-0.25, -0.2) is 8.78 Å². The number of nitrogens with one attached hydrogen (secondary N) is 2. The molecule has 164 valence electrons. The van der Waals surface area contributed by atoms with Crippen LogP contribution < -0.4 is 10.6 Å². The van der Waals surface area contributed by atoms with Crippen LogP contribution >= 0.6 is 24.0 Å². The fourth-order valence-electron chi connectivity index (χ4n) is 3.76. The van der Waals surface area contributed by atoms with E-state index in [2.05, 4.69) is 15.6 Å². The predicted octanol–water partition coefficient (Wildman–Crippen LogP) is 4.87.